The number of anilines is 1. The third kappa shape index (κ3) is 3.66. The van der Waals surface area contributed by atoms with Crippen LogP contribution in [0.15, 0.2) is 12.1 Å². The number of amides is 1. The summed E-state index contributed by atoms with van der Waals surface area (Å²) in [5.41, 5.74) is 11.0. The van der Waals surface area contributed by atoms with Gasteiger partial charge in [0.2, 0.25) is 0 Å². The summed E-state index contributed by atoms with van der Waals surface area (Å²) in [5.74, 6) is 0.269. The molecule has 0 unspecified atom stereocenters. The summed E-state index contributed by atoms with van der Waals surface area (Å²) in [5, 5.41) is 8.07. The molecule has 110 valence electrons. The van der Waals surface area contributed by atoms with Crippen LogP contribution in [0.5, 0.6) is 0 Å². The van der Waals surface area contributed by atoms with Crippen LogP contribution < -0.4 is 16.4 Å². The molecule has 1 saturated carbocycles. The van der Waals surface area contributed by atoms with Gasteiger partial charge in [-0.1, -0.05) is 19.3 Å². The summed E-state index contributed by atoms with van der Waals surface area (Å²) in [7, 11) is 0. The fourth-order valence-corrected chi connectivity index (χ4v) is 2.75. The number of rotatable bonds is 6. The first-order chi connectivity index (χ1) is 9.72. The van der Waals surface area contributed by atoms with Crippen LogP contribution in [0.4, 0.5) is 5.82 Å². The molecule has 0 aromatic carbocycles. The van der Waals surface area contributed by atoms with Gasteiger partial charge in [-0.2, -0.15) is 0 Å². The van der Waals surface area contributed by atoms with Crippen molar-refractivity contribution in [2.24, 2.45) is 11.5 Å². The topological polar surface area (TPSA) is 98.1 Å². The molecule has 0 radical (unpaired) electrons. The maximum absolute atomic E-state index is 11.0. The third-order valence-electron chi connectivity index (χ3n) is 3.82. The van der Waals surface area contributed by atoms with Gasteiger partial charge in [-0.05, 0) is 37.9 Å². The Hall–Kier alpha value is -1.69. The maximum Gasteiger partial charge on any atom is 0.269 e. The number of carbonyl (C=O) groups is 1. The van der Waals surface area contributed by atoms with Gasteiger partial charge < -0.3 is 16.4 Å². The Bertz CT molecular complexity index is 428. The average Bonchev–Trinajstić information content (AvgIpc) is 2.49. The van der Waals surface area contributed by atoms with Crippen LogP contribution in [-0.4, -0.2) is 35.2 Å². The summed E-state index contributed by atoms with van der Waals surface area (Å²) in [6, 6.07) is 3.98. The lowest BCUT2D eigenvalue weighted by molar-refractivity contribution is 0.0994. The second kappa shape index (κ2) is 7.19. The quantitative estimate of drug-likeness (QED) is 0.810. The van der Waals surface area contributed by atoms with E-state index in [9.17, 15) is 4.79 Å². The lowest BCUT2D eigenvalue weighted by atomic mass is 9.94. The molecule has 0 bridgehead atoms. The highest BCUT2D eigenvalue weighted by Gasteiger charge is 2.22. The van der Waals surface area contributed by atoms with Gasteiger partial charge in [0.25, 0.3) is 5.91 Å². The van der Waals surface area contributed by atoms with E-state index in [4.69, 9.17) is 11.5 Å². The number of hydrogen-bond donors (Lipinski definition) is 2. The Balaban J connectivity index is 2.13. The van der Waals surface area contributed by atoms with E-state index in [2.05, 4.69) is 15.1 Å². The van der Waals surface area contributed by atoms with Crippen LogP contribution in [0.3, 0.4) is 0 Å². The van der Waals surface area contributed by atoms with Gasteiger partial charge in [0.05, 0.1) is 0 Å². The second-order valence-electron chi connectivity index (χ2n) is 5.27. The minimum Gasteiger partial charge on any atom is -0.364 e. The smallest absolute Gasteiger partial charge is 0.269 e. The van der Waals surface area contributed by atoms with Gasteiger partial charge in [0.15, 0.2) is 11.5 Å². The highest BCUT2D eigenvalue weighted by Crippen LogP contribution is 2.26. The molecule has 6 heteroatoms. The third-order valence-corrected chi connectivity index (χ3v) is 3.82. The number of primary amides is 1. The monoisotopic (exact) mass is 277 g/mol. The van der Waals surface area contributed by atoms with E-state index in [1.165, 1.54) is 32.1 Å². The molecule has 1 amide bonds. The van der Waals surface area contributed by atoms with Crippen molar-refractivity contribution in [3.63, 3.8) is 0 Å². The zero-order valence-corrected chi connectivity index (χ0v) is 11.8. The van der Waals surface area contributed by atoms with Crippen LogP contribution in [0, 0.1) is 0 Å². The van der Waals surface area contributed by atoms with Crippen LogP contribution in [0.1, 0.15) is 49.0 Å². The zero-order chi connectivity index (χ0) is 14.4. The minimum atomic E-state index is -0.546. The normalized spacial score (nSPS) is 16.1. The predicted molar refractivity (Wildman–Crippen MR) is 78.4 cm³/mol. The van der Waals surface area contributed by atoms with E-state index in [-0.39, 0.29) is 5.69 Å². The van der Waals surface area contributed by atoms with Crippen molar-refractivity contribution in [1.82, 2.24) is 10.2 Å². The van der Waals surface area contributed by atoms with Crippen molar-refractivity contribution >= 4 is 11.7 Å². The fourth-order valence-electron chi connectivity index (χ4n) is 2.75. The van der Waals surface area contributed by atoms with E-state index in [1.807, 2.05) is 6.07 Å². The van der Waals surface area contributed by atoms with Crippen molar-refractivity contribution in [3.8, 4) is 0 Å². The van der Waals surface area contributed by atoms with Crippen LogP contribution in [0.2, 0.25) is 0 Å². The summed E-state index contributed by atoms with van der Waals surface area (Å²) in [6.07, 6.45) is 7.13. The molecular weight excluding hydrogens is 254 g/mol. The lowest BCUT2D eigenvalue weighted by Crippen LogP contribution is -2.39. The molecule has 0 saturated heterocycles. The van der Waals surface area contributed by atoms with Gasteiger partial charge in [-0.25, -0.2) is 0 Å². The lowest BCUT2D eigenvalue weighted by Gasteiger charge is -2.35. The Morgan fingerprint density at radius 2 is 2.00 bits per heavy atom. The predicted octanol–water partition coefficient (Wildman–Crippen LogP) is 1.06. The maximum atomic E-state index is 11.0. The van der Waals surface area contributed by atoms with Crippen molar-refractivity contribution in [2.75, 3.05) is 18.0 Å². The van der Waals surface area contributed by atoms with Crippen molar-refractivity contribution in [2.45, 2.75) is 44.6 Å². The standard InChI is InChI=1S/C14H23N5O/c15-9-4-10-19(11-5-2-1-3-6-11)13-8-7-12(14(16)20)17-18-13/h7-8,11H,1-6,9-10,15H2,(H2,16,20). The van der Waals surface area contributed by atoms with Crippen molar-refractivity contribution in [1.29, 1.82) is 0 Å². The molecular formula is C14H23N5O. The van der Waals surface area contributed by atoms with Crippen molar-refractivity contribution < 1.29 is 4.79 Å². The molecule has 20 heavy (non-hydrogen) atoms. The Labute approximate surface area is 119 Å². The van der Waals surface area contributed by atoms with Crippen LogP contribution in [-0.2, 0) is 0 Å². The number of aromatic nitrogens is 2. The van der Waals surface area contributed by atoms with Gasteiger partial charge in [0, 0.05) is 12.6 Å². The van der Waals surface area contributed by atoms with E-state index in [0.29, 0.717) is 12.6 Å². The number of carbonyl (C=O) groups excluding carboxylic acids is 1. The van der Waals surface area contributed by atoms with E-state index in [0.717, 1.165) is 18.8 Å². The number of nitrogens with zero attached hydrogens (tertiary/aromatic N) is 3. The van der Waals surface area contributed by atoms with E-state index < -0.39 is 5.91 Å². The molecule has 4 N–H and O–H groups in total. The van der Waals surface area contributed by atoms with Crippen LogP contribution >= 0.6 is 0 Å². The second-order valence-corrected chi connectivity index (χ2v) is 5.27. The SMILES string of the molecule is NCCCN(c1ccc(C(N)=O)nn1)C1CCCCC1. The Morgan fingerprint density at radius 1 is 1.25 bits per heavy atom. The molecule has 1 aromatic rings. The summed E-state index contributed by atoms with van der Waals surface area (Å²) in [4.78, 5) is 13.3. The van der Waals surface area contributed by atoms with Gasteiger partial charge in [0.1, 0.15) is 0 Å². The zero-order valence-electron chi connectivity index (χ0n) is 11.8. The molecule has 1 aliphatic rings. The summed E-state index contributed by atoms with van der Waals surface area (Å²) in [6.45, 7) is 1.54. The molecule has 0 spiro atoms. The summed E-state index contributed by atoms with van der Waals surface area (Å²) < 4.78 is 0. The highest BCUT2D eigenvalue weighted by atomic mass is 16.1. The molecule has 1 heterocycles. The first kappa shape index (κ1) is 14.7. The first-order valence-corrected chi connectivity index (χ1v) is 7.32. The first-order valence-electron chi connectivity index (χ1n) is 7.32. The van der Waals surface area contributed by atoms with E-state index in [1.54, 1.807) is 6.07 Å². The van der Waals surface area contributed by atoms with Gasteiger partial charge in [-0.15, -0.1) is 10.2 Å². The average molecular weight is 277 g/mol. The Kier molecular flexibility index (Phi) is 5.29. The Morgan fingerprint density at radius 3 is 2.55 bits per heavy atom. The molecule has 6 nitrogen and oxygen atoms in total. The van der Waals surface area contributed by atoms with Crippen molar-refractivity contribution in [3.05, 3.63) is 17.8 Å². The van der Waals surface area contributed by atoms with Gasteiger partial charge in [-0.3, -0.25) is 4.79 Å². The van der Waals surface area contributed by atoms with Crippen LogP contribution in [0.25, 0.3) is 0 Å². The molecule has 1 aromatic heterocycles. The fraction of sp³-hybridized carbons (Fsp3) is 0.643. The number of hydrogen-bond acceptors (Lipinski definition) is 5. The molecule has 2 rings (SSSR count). The van der Waals surface area contributed by atoms with Gasteiger partial charge >= 0.3 is 0 Å². The minimum absolute atomic E-state index is 0.205. The number of nitrogens with two attached hydrogens (primary N) is 2. The van der Waals surface area contributed by atoms with E-state index >= 15 is 0 Å². The molecule has 0 aliphatic heterocycles. The molecule has 1 fully saturated rings. The molecule has 1 aliphatic carbocycles. The summed E-state index contributed by atoms with van der Waals surface area (Å²) >= 11 is 0. The largest absolute Gasteiger partial charge is 0.364 e. The molecule has 0 atom stereocenters. The highest BCUT2D eigenvalue weighted by molar-refractivity contribution is 5.90.